The number of carbonyl (C=O) groups is 1. The van der Waals surface area contributed by atoms with Crippen LogP contribution < -0.4 is 4.74 Å². The fourth-order valence-corrected chi connectivity index (χ4v) is 7.20. The van der Waals surface area contributed by atoms with Crippen LogP contribution in [0.25, 0.3) is 66.8 Å². The number of pyridine rings is 1. The molecule has 274 valence electrons. The standard InChI is InChI=1S/C49H40F3NO2/c1-31(54)32-11-13-34(14-12-32)43-44(36-17-23-40(24-18-36)49(50,51)52)42(33-9-7-6-8-10-33)46(37-19-25-41(55-5)26-20-37)45(47(43)38-27-29-53-30-28-38)35-15-21-39(22-16-35)48(2,3)4/h6-30H,1-5H3. The summed E-state index contributed by atoms with van der Waals surface area (Å²) in [5.74, 6) is 0.629. The molecule has 7 aromatic rings. The third-order valence-corrected chi connectivity index (χ3v) is 10.0. The molecule has 6 heteroatoms. The Morgan fingerprint density at radius 2 is 0.855 bits per heavy atom. The highest BCUT2D eigenvalue weighted by molar-refractivity contribution is 6.15. The molecule has 0 aliphatic carbocycles. The second kappa shape index (κ2) is 14.9. The van der Waals surface area contributed by atoms with Crippen molar-refractivity contribution in [3.63, 3.8) is 0 Å². The molecule has 7 rings (SSSR count). The number of hydrogen-bond donors (Lipinski definition) is 0. The summed E-state index contributed by atoms with van der Waals surface area (Å²) in [7, 11) is 1.63. The number of ketones is 1. The number of ether oxygens (including phenoxy) is 1. The highest BCUT2D eigenvalue weighted by atomic mass is 19.4. The highest BCUT2D eigenvalue weighted by Gasteiger charge is 2.32. The molecular formula is C49H40F3NO2. The smallest absolute Gasteiger partial charge is 0.416 e. The molecule has 1 heterocycles. The van der Waals surface area contributed by atoms with Gasteiger partial charge in [0.15, 0.2) is 5.78 Å². The van der Waals surface area contributed by atoms with Crippen LogP contribution in [0.5, 0.6) is 5.75 Å². The van der Waals surface area contributed by atoms with E-state index in [1.54, 1.807) is 31.6 Å². The van der Waals surface area contributed by atoms with Crippen LogP contribution in [0, 0.1) is 0 Å². The van der Waals surface area contributed by atoms with Gasteiger partial charge in [-0.1, -0.05) is 124 Å². The molecule has 0 fully saturated rings. The minimum absolute atomic E-state index is 0.0664. The Labute approximate surface area is 320 Å². The second-order valence-electron chi connectivity index (χ2n) is 14.6. The Hall–Kier alpha value is -6.27. The summed E-state index contributed by atoms with van der Waals surface area (Å²) in [6, 6.07) is 43.3. The van der Waals surface area contributed by atoms with Crippen molar-refractivity contribution in [1.82, 2.24) is 4.98 Å². The summed E-state index contributed by atoms with van der Waals surface area (Å²) >= 11 is 0. The normalized spacial score (nSPS) is 11.7. The molecule has 0 aliphatic heterocycles. The van der Waals surface area contributed by atoms with Gasteiger partial charge < -0.3 is 4.74 Å². The lowest BCUT2D eigenvalue weighted by Crippen LogP contribution is -2.10. The van der Waals surface area contributed by atoms with E-state index in [-0.39, 0.29) is 11.2 Å². The van der Waals surface area contributed by atoms with Gasteiger partial charge in [0.25, 0.3) is 0 Å². The lowest BCUT2D eigenvalue weighted by molar-refractivity contribution is -0.137. The number of halogens is 3. The zero-order valence-electron chi connectivity index (χ0n) is 31.3. The van der Waals surface area contributed by atoms with Gasteiger partial charge in [0.2, 0.25) is 0 Å². The minimum atomic E-state index is -4.51. The van der Waals surface area contributed by atoms with E-state index in [0.29, 0.717) is 16.9 Å². The van der Waals surface area contributed by atoms with Gasteiger partial charge in [0.05, 0.1) is 12.7 Å². The summed E-state index contributed by atoms with van der Waals surface area (Å²) in [6.45, 7) is 8.08. The van der Waals surface area contributed by atoms with Crippen molar-refractivity contribution >= 4 is 5.78 Å². The van der Waals surface area contributed by atoms with Crippen molar-refractivity contribution in [2.24, 2.45) is 0 Å². The first-order valence-electron chi connectivity index (χ1n) is 18.1. The van der Waals surface area contributed by atoms with Crippen LogP contribution in [0.2, 0.25) is 0 Å². The third kappa shape index (κ3) is 7.45. The fourth-order valence-electron chi connectivity index (χ4n) is 7.20. The molecule has 0 amide bonds. The van der Waals surface area contributed by atoms with E-state index in [0.717, 1.165) is 73.3 Å². The molecule has 0 radical (unpaired) electrons. The van der Waals surface area contributed by atoms with Crippen LogP contribution in [-0.4, -0.2) is 17.9 Å². The van der Waals surface area contributed by atoms with Crippen LogP contribution in [0.3, 0.4) is 0 Å². The second-order valence-corrected chi connectivity index (χ2v) is 14.6. The van der Waals surface area contributed by atoms with Crippen LogP contribution >= 0.6 is 0 Å². The van der Waals surface area contributed by atoms with Gasteiger partial charge in [0, 0.05) is 18.0 Å². The van der Waals surface area contributed by atoms with Crippen molar-refractivity contribution in [1.29, 1.82) is 0 Å². The molecule has 0 saturated heterocycles. The summed E-state index contributed by atoms with van der Waals surface area (Å²) in [6.07, 6.45) is -1.01. The largest absolute Gasteiger partial charge is 0.497 e. The van der Waals surface area contributed by atoms with Crippen LogP contribution in [-0.2, 0) is 11.6 Å². The Morgan fingerprint density at radius 3 is 1.24 bits per heavy atom. The fraction of sp³-hybridized carbons (Fsp3) is 0.143. The SMILES string of the molecule is COc1ccc(-c2c(-c3ccccc3)c(-c3ccc(C(F)(F)F)cc3)c(-c3ccc(C(C)=O)cc3)c(-c3ccncc3)c2-c2ccc(C(C)(C)C)cc2)cc1. The monoisotopic (exact) mass is 731 g/mol. The number of carbonyl (C=O) groups excluding carboxylic acids is 1. The van der Waals surface area contributed by atoms with Crippen molar-refractivity contribution in [2.75, 3.05) is 7.11 Å². The van der Waals surface area contributed by atoms with Gasteiger partial charge in [-0.15, -0.1) is 0 Å². The summed E-state index contributed by atoms with van der Waals surface area (Å²) in [5, 5.41) is 0. The maximum absolute atomic E-state index is 14.0. The van der Waals surface area contributed by atoms with Gasteiger partial charge in [-0.25, -0.2) is 0 Å². The molecule has 55 heavy (non-hydrogen) atoms. The van der Waals surface area contributed by atoms with Crippen molar-refractivity contribution in [3.05, 3.63) is 169 Å². The average Bonchev–Trinajstić information content (AvgIpc) is 3.20. The van der Waals surface area contributed by atoms with Crippen molar-refractivity contribution in [2.45, 2.75) is 39.3 Å². The molecule has 0 bridgehead atoms. The molecule has 0 spiro atoms. The first kappa shape index (κ1) is 37.1. The van der Waals surface area contributed by atoms with Crippen molar-refractivity contribution < 1.29 is 22.7 Å². The molecule has 0 atom stereocenters. The number of rotatable bonds is 8. The van der Waals surface area contributed by atoms with Crippen LogP contribution in [0.4, 0.5) is 13.2 Å². The maximum atomic E-state index is 14.0. The molecule has 0 saturated carbocycles. The molecule has 0 N–H and O–H groups in total. The predicted molar refractivity (Wildman–Crippen MR) is 217 cm³/mol. The third-order valence-electron chi connectivity index (χ3n) is 10.0. The zero-order valence-corrected chi connectivity index (χ0v) is 31.3. The molecule has 0 aliphatic rings. The van der Waals surface area contributed by atoms with E-state index >= 15 is 0 Å². The Morgan fingerprint density at radius 1 is 0.491 bits per heavy atom. The van der Waals surface area contributed by atoms with Crippen molar-refractivity contribution in [3.8, 4) is 72.5 Å². The first-order valence-corrected chi connectivity index (χ1v) is 18.1. The Kier molecular flexibility index (Phi) is 10.0. The van der Waals surface area contributed by atoms with Gasteiger partial charge >= 0.3 is 6.18 Å². The lowest BCUT2D eigenvalue weighted by atomic mass is 9.74. The Bertz CT molecular complexity index is 2450. The number of benzene rings is 6. The van der Waals surface area contributed by atoms with Crippen LogP contribution in [0.1, 0.15) is 49.2 Å². The first-order chi connectivity index (χ1) is 26.3. The molecule has 3 nitrogen and oxygen atoms in total. The quantitative estimate of drug-likeness (QED) is 0.146. The van der Waals surface area contributed by atoms with Gasteiger partial charge in [-0.05, 0) is 121 Å². The van der Waals surface area contributed by atoms with E-state index < -0.39 is 11.7 Å². The Balaban J connectivity index is 1.76. The molecule has 1 aromatic heterocycles. The number of alkyl halides is 3. The van der Waals surface area contributed by atoms with E-state index in [4.69, 9.17) is 4.74 Å². The van der Waals surface area contributed by atoms with E-state index in [2.05, 4.69) is 50.0 Å². The number of nitrogens with zero attached hydrogens (tertiary/aromatic N) is 1. The average molecular weight is 732 g/mol. The summed E-state index contributed by atoms with van der Waals surface area (Å²) < 4.78 is 47.7. The van der Waals surface area contributed by atoms with Gasteiger partial charge in [0.1, 0.15) is 5.75 Å². The van der Waals surface area contributed by atoms with Gasteiger partial charge in [-0.2, -0.15) is 13.2 Å². The van der Waals surface area contributed by atoms with Crippen LogP contribution in [0.15, 0.2) is 152 Å². The molecule has 6 aromatic carbocycles. The van der Waals surface area contributed by atoms with E-state index in [1.807, 2.05) is 91.0 Å². The lowest BCUT2D eigenvalue weighted by Gasteiger charge is -2.29. The summed E-state index contributed by atoms with van der Waals surface area (Å²) in [5.41, 5.74) is 11.1. The minimum Gasteiger partial charge on any atom is -0.497 e. The van der Waals surface area contributed by atoms with Gasteiger partial charge in [-0.3, -0.25) is 9.78 Å². The number of aromatic nitrogens is 1. The van der Waals surface area contributed by atoms with E-state index in [1.165, 1.54) is 12.5 Å². The number of Topliss-reactive ketones (excluding diaryl/α,β-unsaturated/α-hetero) is 1. The molecule has 0 unspecified atom stereocenters. The zero-order chi connectivity index (χ0) is 38.9. The summed E-state index contributed by atoms with van der Waals surface area (Å²) in [4.78, 5) is 16.9. The van der Waals surface area contributed by atoms with E-state index in [9.17, 15) is 18.0 Å². The maximum Gasteiger partial charge on any atom is 0.416 e. The highest BCUT2D eigenvalue weighted by Crippen LogP contribution is 2.56. The molecular weight excluding hydrogens is 692 g/mol. The number of methoxy groups -OCH3 is 1. The number of hydrogen-bond acceptors (Lipinski definition) is 3. The predicted octanol–water partition coefficient (Wildman–Crippen LogP) is 13.6. The topological polar surface area (TPSA) is 39.2 Å².